The number of hydrogen-bond donors (Lipinski definition) is 3. The smallest absolute Gasteiger partial charge is 0.338 e. The normalized spacial score (nSPS) is 11.6. The zero-order valence-corrected chi connectivity index (χ0v) is 11.1. The third-order valence-electron chi connectivity index (χ3n) is 2.15. The van der Waals surface area contributed by atoms with Crippen molar-refractivity contribution in [2.75, 3.05) is 13.2 Å². The lowest BCUT2D eigenvalue weighted by Gasteiger charge is -2.07. The van der Waals surface area contributed by atoms with Crippen LogP contribution in [0.2, 0.25) is 0 Å². The van der Waals surface area contributed by atoms with Crippen molar-refractivity contribution in [2.45, 2.75) is 11.3 Å². The van der Waals surface area contributed by atoms with Gasteiger partial charge in [-0.2, -0.15) is 0 Å². The predicted octanol–water partition coefficient (Wildman–Crippen LogP) is -0.107. The van der Waals surface area contributed by atoms with Crippen LogP contribution in [0.3, 0.4) is 0 Å². The van der Waals surface area contributed by atoms with Gasteiger partial charge in [0.05, 0.1) is 29.1 Å². The van der Waals surface area contributed by atoms with Crippen LogP contribution in [0.4, 0.5) is 0 Å². The lowest BCUT2D eigenvalue weighted by molar-refractivity contribution is -0.492. The molecule has 0 aliphatic rings. The van der Waals surface area contributed by atoms with Crippen LogP contribution in [0.15, 0.2) is 29.2 Å². The molecule has 0 spiro atoms. The number of rotatable bonds is 7. The largest absolute Gasteiger partial charge is 0.462 e. The van der Waals surface area contributed by atoms with Crippen LogP contribution >= 0.6 is 0 Å². The zero-order chi connectivity index (χ0) is 15.2. The van der Waals surface area contributed by atoms with Crippen molar-refractivity contribution in [3.05, 3.63) is 29.8 Å². The molecule has 10 heteroatoms. The number of nitrogens with zero attached hydrogens (tertiary/aromatic N) is 1. The van der Waals surface area contributed by atoms with E-state index >= 15 is 0 Å². The van der Waals surface area contributed by atoms with E-state index in [4.69, 9.17) is 20.3 Å². The molecule has 0 heterocycles. The van der Waals surface area contributed by atoms with E-state index in [1.54, 1.807) is 0 Å². The van der Waals surface area contributed by atoms with Gasteiger partial charge in [0, 0.05) is 6.42 Å². The summed E-state index contributed by atoms with van der Waals surface area (Å²) in [5.41, 5.74) is 0.171. The second-order valence-corrected chi connectivity index (χ2v) is 5.21. The van der Waals surface area contributed by atoms with Gasteiger partial charge in [0.15, 0.2) is 0 Å². The van der Waals surface area contributed by atoms with Gasteiger partial charge in [-0.3, -0.25) is 15.3 Å². The minimum absolute atomic E-state index is 0.00358. The molecular formula is C10H14N2O7S. The van der Waals surface area contributed by atoms with E-state index in [1.165, 1.54) is 24.3 Å². The molecule has 0 radical (unpaired) electrons. The van der Waals surface area contributed by atoms with Crippen molar-refractivity contribution in [3.8, 4) is 0 Å². The summed E-state index contributed by atoms with van der Waals surface area (Å²) in [4.78, 5) is 15.7. The fraction of sp³-hybridized carbons (Fsp3) is 0.300. The SMILES string of the molecule is NS(=O)(=O)c1ccc(C(=O)OCCCON(O)O)cc1. The van der Waals surface area contributed by atoms with Gasteiger partial charge < -0.3 is 4.74 Å². The Hall–Kier alpha value is -1.56. The first-order chi connectivity index (χ1) is 9.30. The number of primary sulfonamides is 1. The van der Waals surface area contributed by atoms with E-state index < -0.39 is 21.4 Å². The van der Waals surface area contributed by atoms with Crippen molar-refractivity contribution >= 4 is 16.0 Å². The third kappa shape index (κ3) is 5.61. The summed E-state index contributed by atoms with van der Waals surface area (Å²) in [5, 5.41) is 20.9. The summed E-state index contributed by atoms with van der Waals surface area (Å²) in [7, 11) is -3.80. The molecular weight excluding hydrogens is 292 g/mol. The van der Waals surface area contributed by atoms with Gasteiger partial charge in [0.25, 0.3) is 0 Å². The summed E-state index contributed by atoms with van der Waals surface area (Å²) in [6.07, 6.45) is 0.249. The molecule has 0 aromatic heterocycles. The zero-order valence-electron chi connectivity index (χ0n) is 10.3. The van der Waals surface area contributed by atoms with Gasteiger partial charge in [-0.15, -0.1) is 0 Å². The maximum absolute atomic E-state index is 11.5. The maximum Gasteiger partial charge on any atom is 0.338 e. The summed E-state index contributed by atoms with van der Waals surface area (Å²) >= 11 is 0. The van der Waals surface area contributed by atoms with E-state index in [1.807, 2.05) is 0 Å². The van der Waals surface area contributed by atoms with E-state index in [0.717, 1.165) is 0 Å². The lowest BCUT2D eigenvalue weighted by Crippen LogP contribution is -2.16. The molecule has 1 aromatic rings. The molecule has 1 aromatic carbocycles. The molecule has 20 heavy (non-hydrogen) atoms. The van der Waals surface area contributed by atoms with Gasteiger partial charge in [-0.05, 0) is 24.3 Å². The molecule has 0 atom stereocenters. The summed E-state index contributed by atoms with van der Waals surface area (Å²) in [5.74, 6) is -0.643. The molecule has 0 saturated heterocycles. The Kier molecular flexibility index (Phi) is 6.01. The van der Waals surface area contributed by atoms with E-state index in [9.17, 15) is 13.2 Å². The maximum atomic E-state index is 11.5. The minimum atomic E-state index is -3.80. The second-order valence-electron chi connectivity index (χ2n) is 3.64. The minimum Gasteiger partial charge on any atom is -0.462 e. The Bertz CT molecular complexity index is 541. The molecule has 0 aliphatic carbocycles. The highest BCUT2D eigenvalue weighted by Gasteiger charge is 2.11. The molecule has 0 bridgehead atoms. The van der Waals surface area contributed by atoms with Crippen molar-refractivity contribution in [2.24, 2.45) is 5.14 Å². The molecule has 9 nitrogen and oxygen atoms in total. The average molecular weight is 306 g/mol. The summed E-state index contributed by atoms with van der Waals surface area (Å²) < 4.78 is 26.9. The van der Waals surface area contributed by atoms with Crippen LogP contribution in [0.1, 0.15) is 16.8 Å². The molecule has 0 unspecified atom stereocenters. The topological polar surface area (TPSA) is 139 Å². The molecule has 112 valence electrons. The lowest BCUT2D eigenvalue weighted by atomic mass is 10.2. The first-order valence-electron chi connectivity index (χ1n) is 5.41. The van der Waals surface area contributed by atoms with Gasteiger partial charge in [0.2, 0.25) is 10.0 Å². The highest BCUT2D eigenvalue weighted by Crippen LogP contribution is 2.09. The molecule has 0 amide bonds. The Morgan fingerprint density at radius 1 is 1.20 bits per heavy atom. The fourth-order valence-electron chi connectivity index (χ4n) is 1.23. The first-order valence-corrected chi connectivity index (χ1v) is 6.96. The monoisotopic (exact) mass is 306 g/mol. The highest BCUT2D eigenvalue weighted by atomic mass is 32.2. The number of carbonyl (C=O) groups excluding carboxylic acids is 1. The van der Waals surface area contributed by atoms with E-state index in [2.05, 4.69) is 4.84 Å². The third-order valence-corrected chi connectivity index (χ3v) is 3.08. The predicted molar refractivity (Wildman–Crippen MR) is 64.1 cm³/mol. The Balaban J connectivity index is 2.44. The molecule has 4 N–H and O–H groups in total. The quantitative estimate of drug-likeness (QED) is 0.360. The van der Waals surface area contributed by atoms with Crippen LogP contribution in [0.25, 0.3) is 0 Å². The van der Waals surface area contributed by atoms with Crippen LogP contribution in [-0.4, -0.2) is 43.4 Å². The van der Waals surface area contributed by atoms with Crippen LogP contribution in [-0.2, 0) is 19.6 Å². The number of sulfonamides is 1. The number of esters is 1. The Morgan fingerprint density at radius 3 is 2.30 bits per heavy atom. The second kappa shape index (κ2) is 7.28. The summed E-state index contributed by atoms with van der Waals surface area (Å²) in [6.45, 7) is -0.0474. The fourth-order valence-corrected chi connectivity index (χ4v) is 1.75. The van der Waals surface area contributed by atoms with E-state index in [0.29, 0.717) is 0 Å². The number of hydrogen-bond acceptors (Lipinski definition) is 8. The summed E-state index contributed by atoms with van der Waals surface area (Å²) in [6, 6.07) is 4.96. The van der Waals surface area contributed by atoms with Gasteiger partial charge in [0.1, 0.15) is 0 Å². The van der Waals surface area contributed by atoms with Crippen molar-refractivity contribution in [1.82, 2.24) is 5.39 Å². The average Bonchev–Trinajstić information content (AvgIpc) is 2.37. The van der Waals surface area contributed by atoms with Crippen molar-refractivity contribution < 1.29 is 33.2 Å². The Morgan fingerprint density at radius 2 is 1.80 bits per heavy atom. The molecule has 0 fully saturated rings. The van der Waals surface area contributed by atoms with Crippen molar-refractivity contribution in [1.29, 1.82) is 0 Å². The van der Waals surface area contributed by atoms with Crippen LogP contribution in [0, 0.1) is 0 Å². The first kappa shape index (κ1) is 16.5. The standard InChI is InChI=1S/C10H14N2O7S/c11-20(16,17)9-4-2-8(3-5-9)10(13)18-6-1-7-19-12(14)15/h2-5,14-15H,1,6-7H2,(H2,11,16,17). The number of nitrogens with two attached hydrogens (primary N) is 1. The van der Waals surface area contributed by atoms with Gasteiger partial charge in [-0.1, -0.05) is 0 Å². The molecule has 1 rings (SSSR count). The number of benzene rings is 1. The number of carbonyl (C=O) groups is 1. The highest BCUT2D eigenvalue weighted by molar-refractivity contribution is 7.89. The Labute approximate surface area is 115 Å². The molecule has 0 aliphatic heterocycles. The number of ether oxygens (including phenoxy) is 1. The molecule has 0 saturated carbocycles. The van der Waals surface area contributed by atoms with Gasteiger partial charge >= 0.3 is 5.97 Å². The van der Waals surface area contributed by atoms with Crippen LogP contribution < -0.4 is 5.14 Å². The van der Waals surface area contributed by atoms with E-state index in [-0.39, 0.29) is 30.1 Å². The van der Waals surface area contributed by atoms with Gasteiger partial charge in [-0.25, -0.2) is 18.4 Å². The van der Waals surface area contributed by atoms with Crippen LogP contribution in [0.5, 0.6) is 0 Å². The van der Waals surface area contributed by atoms with Crippen molar-refractivity contribution in [3.63, 3.8) is 0 Å².